The quantitative estimate of drug-likeness (QED) is 0.130. The molecule has 9 aromatic rings. The van der Waals surface area contributed by atoms with Crippen molar-refractivity contribution in [1.29, 1.82) is 0 Å². The Morgan fingerprint density at radius 1 is 0.510 bits per heavy atom. The van der Waals surface area contributed by atoms with Crippen molar-refractivity contribution in [3.8, 4) is 33.9 Å². The number of fused-ring (bicyclic) bond motifs is 6. The third-order valence-corrected chi connectivity index (χ3v) is 10.6. The maximum absolute atomic E-state index is 5.04. The number of hydrogen-bond acceptors (Lipinski definition) is 4. The van der Waals surface area contributed by atoms with Gasteiger partial charge in [-0.05, 0) is 98.1 Å². The van der Waals surface area contributed by atoms with Crippen molar-refractivity contribution in [2.45, 2.75) is 25.2 Å². The molecule has 0 N–H and O–H groups in total. The Kier molecular flexibility index (Phi) is 7.05. The highest BCUT2D eigenvalue weighted by molar-refractivity contribution is 14.1. The molecule has 0 atom stereocenters. The second kappa shape index (κ2) is 11.6. The van der Waals surface area contributed by atoms with E-state index >= 15 is 0 Å². The average Bonchev–Trinajstić information content (AvgIpc) is 3.65. The van der Waals surface area contributed by atoms with Gasteiger partial charge < -0.3 is 9.13 Å². The second-order valence-electron chi connectivity index (χ2n) is 12.7. The van der Waals surface area contributed by atoms with Gasteiger partial charge in [0.2, 0.25) is 0 Å². The Hall–Kier alpha value is -5.41. The highest BCUT2D eigenvalue weighted by atomic mass is 127. The van der Waals surface area contributed by atoms with Crippen molar-refractivity contribution in [3.05, 3.63) is 144 Å². The van der Waals surface area contributed by atoms with Gasteiger partial charge in [-0.15, -0.1) is 0 Å². The zero-order valence-electron chi connectivity index (χ0n) is 27.3. The molecule has 0 aliphatic heterocycles. The summed E-state index contributed by atoms with van der Waals surface area (Å²) in [6, 6.07) is 30.5. The summed E-state index contributed by atoms with van der Waals surface area (Å²) < 4.78 is 5.55. The summed E-state index contributed by atoms with van der Waals surface area (Å²) in [4.78, 5) is 19.0. The number of hydrogen-bond donors (Lipinski definition) is 0. The number of pyridine rings is 4. The molecular weight excluding hydrogens is 715 g/mol. The highest BCUT2D eigenvalue weighted by Crippen LogP contribution is 2.38. The van der Waals surface area contributed by atoms with Gasteiger partial charge >= 0.3 is 0 Å². The molecule has 0 bridgehead atoms. The largest absolute Gasteiger partial charge is 0.308 e. The van der Waals surface area contributed by atoms with E-state index < -0.39 is 0 Å². The minimum Gasteiger partial charge on any atom is -0.308 e. The van der Waals surface area contributed by atoms with E-state index in [1.807, 2.05) is 37.2 Å². The average molecular weight is 747 g/mol. The summed E-state index contributed by atoms with van der Waals surface area (Å²) in [6.07, 6.45) is 11.6. The van der Waals surface area contributed by atoms with Gasteiger partial charge in [0.1, 0.15) is 0 Å². The van der Waals surface area contributed by atoms with E-state index in [-0.39, 0.29) is 0 Å². The van der Waals surface area contributed by atoms with Crippen molar-refractivity contribution in [3.63, 3.8) is 0 Å². The van der Waals surface area contributed by atoms with Crippen LogP contribution in [0.1, 0.15) is 22.3 Å². The smallest absolute Gasteiger partial charge is 0.0725 e. The maximum Gasteiger partial charge on any atom is 0.0725 e. The topological polar surface area (TPSA) is 61.4 Å². The molecule has 236 valence electrons. The molecule has 6 aromatic heterocycles. The molecular formula is C42H31IN6. The van der Waals surface area contributed by atoms with Crippen LogP contribution in [0.5, 0.6) is 0 Å². The van der Waals surface area contributed by atoms with Crippen molar-refractivity contribution in [2.75, 3.05) is 0 Å². The number of rotatable bonds is 5. The molecule has 0 aliphatic rings. The molecule has 49 heavy (non-hydrogen) atoms. The number of aromatic nitrogens is 6. The first-order valence-corrected chi connectivity index (χ1v) is 17.8. The SMILES string of the molecule is Cc1ccc(-n2c3ccncc3c3cc(-c4cc(C)c(-c5cc6c7cnccc7n(-c7ccc(CI)cc7)c6cn5)cc4C)ncc32)cc1. The zero-order valence-corrected chi connectivity index (χ0v) is 29.5. The van der Waals surface area contributed by atoms with Crippen molar-refractivity contribution in [2.24, 2.45) is 0 Å². The van der Waals surface area contributed by atoms with Gasteiger partial charge in [-0.3, -0.25) is 19.9 Å². The number of aryl methyl sites for hydroxylation is 3. The third kappa shape index (κ3) is 4.83. The van der Waals surface area contributed by atoms with Crippen molar-refractivity contribution in [1.82, 2.24) is 29.1 Å². The molecule has 0 spiro atoms. The Morgan fingerprint density at radius 2 is 0.980 bits per heavy atom. The van der Waals surface area contributed by atoms with Crippen LogP contribution in [0.4, 0.5) is 0 Å². The molecule has 0 saturated heterocycles. The van der Waals surface area contributed by atoms with E-state index in [4.69, 9.17) is 9.97 Å². The number of nitrogens with zero attached hydrogens (tertiary/aromatic N) is 6. The van der Waals surface area contributed by atoms with Crippen molar-refractivity contribution < 1.29 is 0 Å². The van der Waals surface area contributed by atoms with E-state index in [1.165, 1.54) is 11.1 Å². The lowest BCUT2D eigenvalue weighted by molar-refractivity contribution is 1.16. The minimum absolute atomic E-state index is 0.942. The third-order valence-electron chi connectivity index (χ3n) is 9.67. The van der Waals surface area contributed by atoms with Crippen LogP contribution in [0, 0.1) is 20.8 Å². The molecule has 0 fully saturated rings. The molecule has 6 nitrogen and oxygen atoms in total. The Balaban J connectivity index is 1.15. The van der Waals surface area contributed by atoms with Crippen LogP contribution in [0.25, 0.3) is 77.5 Å². The minimum atomic E-state index is 0.942. The Morgan fingerprint density at radius 3 is 1.45 bits per heavy atom. The van der Waals surface area contributed by atoms with Crippen LogP contribution in [0.3, 0.4) is 0 Å². The molecule has 6 heterocycles. The molecule has 3 aromatic carbocycles. The van der Waals surface area contributed by atoms with Gasteiger partial charge in [0.15, 0.2) is 0 Å². The summed E-state index contributed by atoms with van der Waals surface area (Å²) in [5.41, 5.74) is 15.5. The second-order valence-corrected chi connectivity index (χ2v) is 13.5. The molecule has 9 rings (SSSR count). The van der Waals surface area contributed by atoms with E-state index in [0.717, 1.165) is 93.1 Å². The fraction of sp³-hybridized carbons (Fsp3) is 0.0952. The van der Waals surface area contributed by atoms with Crippen molar-refractivity contribution >= 4 is 66.2 Å². The van der Waals surface area contributed by atoms with E-state index in [1.54, 1.807) is 0 Å². The fourth-order valence-corrected chi connectivity index (χ4v) is 7.68. The van der Waals surface area contributed by atoms with Gasteiger partial charge in [0.05, 0.1) is 45.8 Å². The van der Waals surface area contributed by atoms with Crippen LogP contribution in [-0.2, 0) is 4.43 Å². The van der Waals surface area contributed by atoms with E-state index in [9.17, 15) is 0 Å². The summed E-state index contributed by atoms with van der Waals surface area (Å²) in [7, 11) is 0. The summed E-state index contributed by atoms with van der Waals surface area (Å²) >= 11 is 2.40. The lowest BCUT2D eigenvalue weighted by atomic mass is 9.95. The van der Waals surface area contributed by atoms with Gasteiger partial charge in [0, 0.05) is 73.3 Å². The maximum atomic E-state index is 5.04. The fourth-order valence-electron chi connectivity index (χ4n) is 7.17. The van der Waals surface area contributed by atoms with E-state index in [0.29, 0.717) is 0 Å². The van der Waals surface area contributed by atoms with Gasteiger partial charge in [-0.1, -0.05) is 52.4 Å². The van der Waals surface area contributed by atoms with Gasteiger partial charge in [-0.25, -0.2) is 0 Å². The van der Waals surface area contributed by atoms with Crippen LogP contribution in [0.15, 0.2) is 122 Å². The number of alkyl halides is 1. The molecule has 0 amide bonds. The van der Waals surface area contributed by atoms with Crippen LogP contribution in [0.2, 0.25) is 0 Å². The standard InChI is InChI=1S/C42H31IN6/c1-25-4-8-29(9-5-25)48-39-12-14-44-21-35(39)33-18-37(46-23-41(33)48)31-16-27(3)32(17-26(31)2)38-19-34-36-22-45-15-13-40(36)49(42(34)24-47-38)30-10-6-28(20-43)7-11-30/h4-19,21-24H,20H2,1-3H3. The summed E-state index contributed by atoms with van der Waals surface area (Å²) in [5, 5.41) is 4.50. The lowest BCUT2D eigenvalue weighted by Gasteiger charge is -2.13. The molecule has 0 radical (unpaired) electrons. The van der Waals surface area contributed by atoms with E-state index in [2.05, 4.69) is 147 Å². The van der Waals surface area contributed by atoms with Crippen LogP contribution in [-0.4, -0.2) is 29.1 Å². The molecule has 0 saturated carbocycles. The van der Waals surface area contributed by atoms with Gasteiger partial charge in [0.25, 0.3) is 0 Å². The van der Waals surface area contributed by atoms with Gasteiger partial charge in [-0.2, -0.15) is 0 Å². The summed E-state index contributed by atoms with van der Waals surface area (Å²) in [5.74, 6) is 0. The normalized spacial score (nSPS) is 11.8. The first kappa shape index (κ1) is 29.7. The first-order valence-electron chi connectivity index (χ1n) is 16.3. The molecule has 0 unspecified atom stereocenters. The monoisotopic (exact) mass is 746 g/mol. The Labute approximate surface area is 297 Å². The predicted molar refractivity (Wildman–Crippen MR) is 209 cm³/mol. The number of benzene rings is 3. The molecule has 7 heteroatoms. The number of halogens is 1. The lowest BCUT2D eigenvalue weighted by Crippen LogP contribution is -1.96. The first-order chi connectivity index (χ1) is 24.0. The van der Waals surface area contributed by atoms with Crippen LogP contribution < -0.4 is 0 Å². The zero-order chi connectivity index (χ0) is 33.2. The Bertz CT molecular complexity index is 2720. The highest BCUT2D eigenvalue weighted by Gasteiger charge is 2.18. The molecule has 0 aliphatic carbocycles. The van der Waals surface area contributed by atoms with Crippen LogP contribution >= 0.6 is 22.6 Å². The summed E-state index contributed by atoms with van der Waals surface area (Å²) in [6.45, 7) is 6.44. The predicted octanol–water partition coefficient (Wildman–Crippen LogP) is 10.7.